The first-order chi connectivity index (χ1) is 10.4. The molecular weight excluding hydrogens is 309 g/mol. The van der Waals surface area contributed by atoms with E-state index < -0.39 is 19.0 Å². The second-order valence-corrected chi connectivity index (χ2v) is 6.08. The first-order valence-corrected chi connectivity index (χ1v) is 7.86. The van der Waals surface area contributed by atoms with Crippen molar-refractivity contribution in [2.75, 3.05) is 5.73 Å². The first-order valence-electron chi connectivity index (χ1n) is 6.98. The summed E-state index contributed by atoms with van der Waals surface area (Å²) in [5.74, 6) is -1.65. The number of anilines is 1. The summed E-state index contributed by atoms with van der Waals surface area (Å²) in [7, 11) is -1.13. The minimum Gasteiger partial charge on any atom is -0.481 e. The number of carboxylic acid groups (broad SMARTS) is 1. The quantitative estimate of drug-likeness (QED) is 0.532. The Morgan fingerprint density at radius 1 is 1.55 bits per heavy atom. The van der Waals surface area contributed by atoms with Crippen LogP contribution in [0.2, 0.25) is 0 Å². The first kappa shape index (κ1) is 16.7. The second-order valence-electron chi connectivity index (χ2n) is 5.19. The lowest BCUT2D eigenvalue weighted by atomic mass is 9.72. The lowest BCUT2D eigenvalue weighted by molar-refractivity contribution is -0.137. The molecule has 1 aromatic heterocycles. The molecule has 0 unspecified atom stereocenters. The Kier molecular flexibility index (Phi) is 5.75. The third-order valence-electron chi connectivity index (χ3n) is 3.41. The smallest absolute Gasteiger partial charge is 0.478 e. The Bertz CT molecular complexity index is 541. The van der Waals surface area contributed by atoms with Gasteiger partial charge in [-0.15, -0.1) is 11.3 Å². The maximum atomic E-state index is 11.9. The van der Waals surface area contributed by atoms with E-state index in [4.69, 9.17) is 15.5 Å². The lowest BCUT2D eigenvalue weighted by Gasteiger charge is -2.31. The summed E-state index contributed by atoms with van der Waals surface area (Å²) in [6, 6.07) is 0. The van der Waals surface area contributed by atoms with Gasteiger partial charge < -0.3 is 25.8 Å². The molecule has 1 aliphatic rings. The Hall–Kier alpha value is -1.65. The summed E-state index contributed by atoms with van der Waals surface area (Å²) in [6.45, 7) is 0. The van der Waals surface area contributed by atoms with E-state index in [9.17, 15) is 14.6 Å². The summed E-state index contributed by atoms with van der Waals surface area (Å²) in [6.07, 6.45) is 1.29. The molecule has 1 amide bonds. The van der Waals surface area contributed by atoms with Gasteiger partial charge in [0, 0.05) is 17.9 Å². The fourth-order valence-corrected chi connectivity index (χ4v) is 2.90. The van der Waals surface area contributed by atoms with Gasteiger partial charge in [-0.2, -0.15) is 0 Å². The molecule has 2 heterocycles. The molecule has 2 rings (SSSR count). The van der Waals surface area contributed by atoms with E-state index in [2.05, 4.69) is 10.3 Å². The SMILES string of the molecule is Nc1nc(CC(=O)N[C@H]2CC[C@@H](CCC(=O)O)OB2O)cs1. The zero-order valence-corrected chi connectivity index (χ0v) is 12.7. The third kappa shape index (κ3) is 4.97. The normalized spacial score (nSPS) is 21.6. The molecule has 0 saturated carbocycles. The van der Waals surface area contributed by atoms with E-state index in [1.807, 2.05) is 0 Å². The molecule has 1 aliphatic heterocycles. The molecule has 22 heavy (non-hydrogen) atoms. The average molecular weight is 327 g/mol. The minimum absolute atomic E-state index is 0.000337. The summed E-state index contributed by atoms with van der Waals surface area (Å²) >= 11 is 1.27. The third-order valence-corrected chi connectivity index (χ3v) is 4.14. The molecular formula is C12H18BN3O5S. The predicted octanol–water partition coefficient (Wildman–Crippen LogP) is -0.184. The highest BCUT2D eigenvalue weighted by atomic mass is 32.1. The molecule has 1 aromatic rings. The van der Waals surface area contributed by atoms with Crippen molar-refractivity contribution in [2.45, 2.75) is 44.1 Å². The van der Waals surface area contributed by atoms with Crippen LogP contribution in [0.1, 0.15) is 31.4 Å². The van der Waals surface area contributed by atoms with Crippen LogP contribution in [0.4, 0.5) is 5.13 Å². The van der Waals surface area contributed by atoms with Crippen LogP contribution in [-0.4, -0.2) is 46.2 Å². The van der Waals surface area contributed by atoms with E-state index in [1.165, 1.54) is 11.3 Å². The van der Waals surface area contributed by atoms with Gasteiger partial charge in [0.2, 0.25) is 5.91 Å². The van der Waals surface area contributed by atoms with Crippen LogP contribution in [0.5, 0.6) is 0 Å². The maximum Gasteiger partial charge on any atom is 0.478 e. The van der Waals surface area contributed by atoms with Gasteiger partial charge >= 0.3 is 13.1 Å². The highest BCUT2D eigenvalue weighted by molar-refractivity contribution is 7.13. The van der Waals surface area contributed by atoms with Crippen molar-refractivity contribution in [3.05, 3.63) is 11.1 Å². The van der Waals surface area contributed by atoms with Crippen LogP contribution in [-0.2, 0) is 20.7 Å². The summed E-state index contributed by atoms with van der Waals surface area (Å²) in [5.41, 5.74) is 6.09. The highest BCUT2D eigenvalue weighted by Gasteiger charge is 2.36. The van der Waals surface area contributed by atoms with Crippen molar-refractivity contribution >= 4 is 35.5 Å². The van der Waals surface area contributed by atoms with E-state index >= 15 is 0 Å². The molecule has 0 bridgehead atoms. The van der Waals surface area contributed by atoms with Gasteiger partial charge in [-0.3, -0.25) is 9.59 Å². The molecule has 0 spiro atoms. The number of amides is 1. The zero-order valence-electron chi connectivity index (χ0n) is 11.9. The van der Waals surface area contributed by atoms with Crippen LogP contribution in [0.15, 0.2) is 5.38 Å². The number of aromatic nitrogens is 1. The summed E-state index contributed by atoms with van der Waals surface area (Å²) in [4.78, 5) is 26.4. The number of nitrogens with one attached hydrogen (secondary N) is 1. The number of nitrogen functional groups attached to an aromatic ring is 1. The molecule has 120 valence electrons. The molecule has 0 radical (unpaired) electrons. The number of nitrogens with two attached hydrogens (primary N) is 1. The van der Waals surface area contributed by atoms with Gasteiger partial charge in [-0.1, -0.05) is 0 Å². The maximum absolute atomic E-state index is 11.9. The Labute approximate surface area is 131 Å². The number of carboxylic acids is 1. The number of thiazole rings is 1. The molecule has 10 heteroatoms. The van der Waals surface area contributed by atoms with E-state index in [0.717, 1.165) is 0 Å². The van der Waals surface area contributed by atoms with Crippen LogP contribution in [0, 0.1) is 0 Å². The fraction of sp³-hybridized carbons (Fsp3) is 0.583. The molecule has 0 aliphatic carbocycles. The Morgan fingerprint density at radius 3 is 2.91 bits per heavy atom. The van der Waals surface area contributed by atoms with Gasteiger partial charge in [0.05, 0.1) is 18.1 Å². The van der Waals surface area contributed by atoms with Crippen molar-refractivity contribution in [3.8, 4) is 0 Å². The second kappa shape index (κ2) is 7.57. The largest absolute Gasteiger partial charge is 0.481 e. The number of hydrogen-bond acceptors (Lipinski definition) is 7. The standard InChI is InChI=1S/C12H18BN3O5S/c14-12-15-7(6-22-12)5-10(17)16-9-3-1-8(21-13(9)20)2-4-11(18)19/h6,8-9,20H,1-5H2,(H2,14,15)(H,16,17)(H,18,19)/t8-,9-/m0/s1. The average Bonchev–Trinajstić information content (AvgIpc) is 2.84. The molecule has 8 nitrogen and oxygen atoms in total. The zero-order chi connectivity index (χ0) is 16.1. The number of hydrogen-bond donors (Lipinski definition) is 4. The van der Waals surface area contributed by atoms with Crippen molar-refractivity contribution in [2.24, 2.45) is 0 Å². The number of carbonyl (C=O) groups is 2. The van der Waals surface area contributed by atoms with Gasteiger partial charge in [-0.25, -0.2) is 4.98 Å². The van der Waals surface area contributed by atoms with Crippen molar-refractivity contribution in [1.82, 2.24) is 10.3 Å². The number of aliphatic carboxylic acids is 1. The monoisotopic (exact) mass is 327 g/mol. The number of nitrogens with zero attached hydrogens (tertiary/aromatic N) is 1. The van der Waals surface area contributed by atoms with Crippen LogP contribution in [0.3, 0.4) is 0 Å². The molecule has 1 saturated heterocycles. The Morgan fingerprint density at radius 2 is 2.32 bits per heavy atom. The Balaban J connectivity index is 1.76. The van der Waals surface area contributed by atoms with Crippen LogP contribution in [0.25, 0.3) is 0 Å². The van der Waals surface area contributed by atoms with E-state index in [-0.39, 0.29) is 24.9 Å². The molecule has 1 fully saturated rings. The topological polar surface area (TPSA) is 135 Å². The molecule has 5 N–H and O–H groups in total. The van der Waals surface area contributed by atoms with Crippen molar-refractivity contribution < 1.29 is 24.4 Å². The minimum atomic E-state index is -1.13. The van der Waals surface area contributed by atoms with E-state index in [0.29, 0.717) is 30.1 Å². The molecule has 0 aromatic carbocycles. The molecule has 2 atom stereocenters. The van der Waals surface area contributed by atoms with Crippen LogP contribution < -0.4 is 11.1 Å². The van der Waals surface area contributed by atoms with Crippen molar-refractivity contribution in [1.29, 1.82) is 0 Å². The summed E-state index contributed by atoms with van der Waals surface area (Å²) in [5, 5.41) is 23.4. The number of carbonyl (C=O) groups excluding carboxylic acids is 1. The van der Waals surface area contributed by atoms with Gasteiger partial charge in [-0.05, 0) is 19.3 Å². The number of rotatable bonds is 6. The van der Waals surface area contributed by atoms with Crippen molar-refractivity contribution in [3.63, 3.8) is 0 Å². The predicted molar refractivity (Wildman–Crippen MR) is 81.1 cm³/mol. The van der Waals surface area contributed by atoms with Gasteiger partial charge in [0.15, 0.2) is 5.13 Å². The van der Waals surface area contributed by atoms with Crippen LogP contribution >= 0.6 is 11.3 Å². The van der Waals surface area contributed by atoms with Gasteiger partial charge in [0.1, 0.15) is 0 Å². The lowest BCUT2D eigenvalue weighted by Crippen LogP contribution is -2.53. The highest BCUT2D eigenvalue weighted by Crippen LogP contribution is 2.20. The van der Waals surface area contributed by atoms with Gasteiger partial charge in [0.25, 0.3) is 0 Å². The van der Waals surface area contributed by atoms with E-state index in [1.54, 1.807) is 5.38 Å². The summed E-state index contributed by atoms with van der Waals surface area (Å²) < 4.78 is 5.35. The fourth-order valence-electron chi connectivity index (χ4n) is 2.33.